The van der Waals surface area contributed by atoms with Crippen molar-refractivity contribution in [3.63, 3.8) is 0 Å². The van der Waals surface area contributed by atoms with Gasteiger partial charge in [0.25, 0.3) is 0 Å². The molecule has 1 aliphatic carbocycles. The third-order valence-electron chi connectivity index (χ3n) is 5.83. The van der Waals surface area contributed by atoms with Crippen molar-refractivity contribution in [3.05, 3.63) is 24.3 Å². The number of benzene rings is 1. The fraction of sp³-hybridized carbons (Fsp3) is 0.619. The van der Waals surface area contributed by atoms with Crippen LogP contribution in [0.3, 0.4) is 0 Å². The van der Waals surface area contributed by atoms with Crippen molar-refractivity contribution in [1.82, 2.24) is 5.32 Å². The molecule has 6 heteroatoms. The molecular formula is C21H31N3O3. The van der Waals surface area contributed by atoms with Gasteiger partial charge in [0, 0.05) is 24.4 Å². The minimum Gasteiger partial charge on any atom is -0.384 e. The molecule has 0 unspecified atom stereocenters. The summed E-state index contributed by atoms with van der Waals surface area (Å²) < 4.78 is 5.34. The third kappa shape index (κ3) is 5.08. The van der Waals surface area contributed by atoms with E-state index in [1.165, 1.54) is 6.42 Å². The fourth-order valence-electron chi connectivity index (χ4n) is 4.17. The summed E-state index contributed by atoms with van der Waals surface area (Å²) in [6.45, 7) is 2.04. The van der Waals surface area contributed by atoms with Crippen LogP contribution in [0.25, 0.3) is 0 Å². The number of nitrogens with one attached hydrogen (secondary N) is 3. The van der Waals surface area contributed by atoms with Crippen LogP contribution in [-0.2, 0) is 14.3 Å². The largest absolute Gasteiger partial charge is 0.384 e. The maximum Gasteiger partial charge on any atom is 0.233 e. The highest BCUT2D eigenvalue weighted by atomic mass is 16.5. The molecule has 2 fully saturated rings. The third-order valence-corrected chi connectivity index (χ3v) is 5.83. The molecule has 0 aromatic heterocycles. The number of amides is 2. The van der Waals surface area contributed by atoms with Crippen LogP contribution in [-0.4, -0.2) is 38.6 Å². The molecule has 1 heterocycles. The first-order chi connectivity index (χ1) is 13.1. The summed E-state index contributed by atoms with van der Waals surface area (Å²) in [6.07, 6.45) is 6.93. The number of piperidine rings is 1. The number of ether oxygens (including phenoxy) is 1. The SMILES string of the molecule is COCC1(C(=O)Nc2cccc(NC(=O)C3CCCCC3)c2)CCNCC1. The van der Waals surface area contributed by atoms with Crippen molar-refractivity contribution in [2.24, 2.45) is 11.3 Å². The highest BCUT2D eigenvalue weighted by molar-refractivity contribution is 5.97. The van der Waals surface area contributed by atoms with Gasteiger partial charge in [0.1, 0.15) is 0 Å². The fourth-order valence-corrected chi connectivity index (χ4v) is 4.17. The number of hydrogen-bond donors (Lipinski definition) is 3. The average molecular weight is 373 g/mol. The van der Waals surface area contributed by atoms with Crippen LogP contribution in [0, 0.1) is 11.3 Å². The second-order valence-corrected chi connectivity index (χ2v) is 7.82. The second-order valence-electron chi connectivity index (χ2n) is 7.82. The summed E-state index contributed by atoms with van der Waals surface area (Å²) >= 11 is 0. The molecule has 27 heavy (non-hydrogen) atoms. The molecule has 1 saturated carbocycles. The lowest BCUT2D eigenvalue weighted by atomic mass is 9.78. The summed E-state index contributed by atoms with van der Waals surface area (Å²) in [5, 5.41) is 9.34. The number of rotatable bonds is 6. The molecule has 0 bridgehead atoms. The van der Waals surface area contributed by atoms with Gasteiger partial charge in [0.05, 0.1) is 12.0 Å². The van der Waals surface area contributed by atoms with Crippen molar-refractivity contribution in [1.29, 1.82) is 0 Å². The monoisotopic (exact) mass is 373 g/mol. The summed E-state index contributed by atoms with van der Waals surface area (Å²) in [6, 6.07) is 7.42. The highest BCUT2D eigenvalue weighted by Crippen LogP contribution is 2.31. The Labute approximate surface area is 161 Å². The number of carbonyl (C=O) groups is 2. The molecule has 2 amide bonds. The van der Waals surface area contributed by atoms with Gasteiger partial charge in [-0.05, 0) is 57.0 Å². The molecule has 0 radical (unpaired) electrons. The van der Waals surface area contributed by atoms with Crippen molar-refractivity contribution in [2.75, 3.05) is 37.4 Å². The molecule has 1 aromatic carbocycles. The predicted molar refractivity (Wildman–Crippen MR) is 107 cm³/mol. The van der Waals surface area contributed by atoms with Gasteiger partial charge in [-0.1, -0.05) is 25.3 Å². The van der Waals surface area contributed by atoms with Crippen LogP contribution in [0.1, 0.15) is 44.9 Å². The van der Waals surface area contributed by atoms with Crippen LogP contribution in [0.5, 0.6) is 0 Å². The van der Waals surface area contributed by atoms with Gasteiger partial charge in [0.15, 0.2) is 0 Å². The Morgan fingerprint density at radius 3 is 2.44 bits per heavy atom. The first-order valence-electron chi connectivity index (χ1n) is 10.0. The van der Waals surface area contributed by atoms with Gasteiger partial charge >= 0.3 is 0 Å². The zero-order valence-electron chi connectivity index (χ0n) is 16.2. The smallest absolute Gasteiger partial charge is 0.233 e. The van der Waals surface area contributed by atoms with E-state index < -0.39 is 5.41 Å². The van der Waals surface area contributed by atoms with E-state index in [-0.39, 0.29) is 17.7 Å². The van der Waals surface area contributed by atoms with E-state index in [0.717, 1.165) is 57.3 Å². The van der Waals surface area contributed by atoms with E-state index in [4.69, 9.17) is 4.74 Å². The van der Waals surface area contributed by atoms with Gasteiger partial charge in [-0.2, -0.15) is 0 Å². The lowest BCUT2D eigenvalue weighted by molar-refractivity contribution is -0.130. The van der Waals surface area contributed by atoms with E-state index in [1.807, 2.05) is 24.3 Å². The van der Waals surface area contributed by atoms with E-state index in [9.17, 15) is 9.59 Å². The number of methoxy groups -OCH3 is 1. The molecule has 0 spiro atoms. The minimum absolute atomic E-state index is 0.0124. The standard InChI is InChI=1S/C21H31N3O3/c1-27-15-21(10-12-22-13-11-21)20(26)24-18-9-5-8-17(14-18)23-19(25)16-6-3-2-4-7-16/h5,8-9,14,16,22H,2-4,6-7,10-13,15H2,1H3,(H,23,25)(H,24,26). The predicted octanol–water partition coefficient (Wildman–Crippen LogP) is 3.16. The van der Waals surface area contributed by atoms with Crippen LogP contribution in [0.15, 0.2) is 24.3 Å². The van der Waals surface area contributed by atoms with Gasteiger partial charge in [-0.3, -0.25) is 9.59 Å². The number of hydrogen-bond acceptors (Lipinski definition) is 4. The molecule has 1 aromatic rings. The molecule has 2 aliphatic rings. The topological polar surface area (TPSA) is 79.5 Å². The summed E-state index contributed by atoms with van der Waals surface area (Å²) in [5.41, 5.74) is 0.936. The maximum absolute atomic E-state index is 13.0. The van der Waals surface area contributed by atoms with Crippen LogP contribution < -0.4 is 16.0 Å². The first-order valence-corrected chi connectivity index (χ1v) is 10.0. The zero-order valence-corrected chi connectivity index (χ0v) is 16.2. The summed E-state index contributed by atoms with van der Waals surface area (Å²) in [5.74, 6) is 0.186. The Morgan fingerprint density at radius 1 is 1.11 bits per heavy atom. The van der Waals surface area contributed by atoms with E-state index in [0.29, 0.717) is 12.3 Å². The molecule has 3 N–H and O–H groups in total. The van der Waals surface area contributed by atoms with Crippen molar-refractivity contribution >= 4 is 23.2 Å². The molecule has 6 nitrogen and oxygen atoms in total. The lowest BCUT2D eigenvalue weighted by Gasteiger charge is -2.35. The average Bonchev–Trinajstić information content (AvgIpc) is 2.70. The van der Waals surface area contributed by atoms with Gasteiger partial charge in [0.2, 0.25) is 11.8 Å². The Bertz CT molecular complexity index is 644. The van der Waals surface area contributed by atoms with Gasteiger partial charge < -0.3 is 20.7 Å². The van der Waals surface area contributed by atoms with Crippen molar-refractivity contribution in [3.8, 4) is 0 Å². The Hall–Kier alpha value is -1.92. The molecule has 1 saturated heterocycles. The second kappa shape index (κ2) is 9.33. The molecule has 1 aliphatic heterocycles. The summed E-state index contributed by atoms with van der Waals surface area (Å²) in [4.78, 5) is 25.4. The Balaban J connectivity index is 1.64. The van der Waals surface area contributed by atoms with Crippen molar-refractivity contribution < 1.29 is 14.3 Å². The molecular weight excluding hydrogens is 342 g/mol. The normalized spacial score (nSPS) is 20.0. The van der Waals surface area contributed by atoms with Crippen LogP contribution >= 0.6 is 0 Å². The zero-order chi connectivity index (χ0) is 19.1. The maximum atomic E-state index is 13.0. The Morgan fingerprint density at radius 2 is 1.78 bits per heavy atom. The van der Waals surface area contributed by atoms with Crippen LogP contribution in [0.2, 0.25) is 0 Å². The minimum atomic E-state index is -0.499. The van der Waals surface area contributed by atoms with Crippen LogP contribution in [0.4, 0.5) is 11.4 Å². The number of carbonyl (C=O) groups excluding carboxylic acids is 2. The van der Waals surface area contributed by atoms with E-state index in [2.05, 4.69) is 16.0 Å². The number of anilines is 2. The first kappa shape index (κ1) is 19.8. The molecule has 3 rings (SSSR count). The quantitative estimate of drug-likeness (QED) is 0.716. The van der Waals surface area contributed by atoms with E-state index >= 15 is 0 Å². The lowest BCUT2D eigenvalue weighted by Crippen LogP contribution is -2.47. The molecule has 148 valence electrons. The summed E-state index contributed by atoms with van der Waals surface area (Å²) in [7, 11) is 1.64. The van der Waals surface area contributed by atoms with Gasteiger partial charge in [-0.25, -0.2) is 0 Å². The molecule has 0 atom stereocenters. The van der Waals surface area contributed by atoms with Crippen molar-refractivity contribution in [2.45, 2.75) is 44.9 Å². The highest BCUT2D eigenvalue weighted by Gasteiger charge is 2.39. The Kier molecular flexibility index (Phi) is 6.85. The van der Waals surface area contributed by atoms with E-state index in [1.54, 1.807) is 7.11 Å². The van der Waals surface area contributed by atoms with Gasteiger partial charge in [-0.15, -0.1) is 0 Å².